The summed E-state index contributed by atoms with van der Waals surface area (Å²) >= 11 is 8.15. The molecule has 7 N–H and O–H groups in total. The van der Waals surface area contributed by atoms with Crippen LogP contribution in [0.5, 0.6) is 0 Å². The van der Waals surface area contributed by atoms with Crippen LogP contribution < -0.4 is 21.7 Å². The summed E-state index contributed by atoms with van der Waals surface area (Å²) in [4.78, 5) is 52.9. The molecule has 192 valence electrons. The fourth-order valence-electron chi connectivity index (χ4n) is 3.52. The van der Waals surface area contributed by atoms with E-state index >= 15 is 0 Å². The zero-order chi connectivity index (χ0) is 26.1. The summed E-state index contributed by atoms with van der Waals surface area (Å²) in [7, 11) is 0. The molecule has 0 saturated heterocycles. The molecule has 4 unspecified atom stereocenters. The largest absolute Gasteiger partial charge is 0.480 e. The number of thiol groups is 2. The highest BCUT2D eigenvalue weighted by atomic mass is 32.1. The lowest BCUT2D eigenvalue weighted by molar-refractivity contribution is -0.142. The standard InChI is InChI=1S/C23H33N5O5S2/c1-12(2)7-17(26-20(29)15(24)10-34)21(30)28-19(11-35)22(31)27-18(23(32)33)8-13-9-25-16-6-4-3-5-14(13)16/h3-6,9,12,15,17-19,25,34-35H,7-8,10-11,24H2,1-2H3,(H,26,29)(H,27,31)(H,28,30)(H,32,33). The van der Waals surface area contributed by atoms with Crippen LogP contribution in [0.4, 0.5) is 0 Å². The van der Waals surface area contributed by atoms with Gasteiger partial charge in [0.05, 0.1) is 6.04 Å². The van der Waals surface area contributed by atoms with E-state index in [2.05, 4.69) is 46.2 Å². The van der Waals surface area contributed by atoms with Crippen LogP contribution in [-0.4, -0.2) is 69.5 Å². The molecule has 2 rings (SSSR count). The highest BCUT2D eigenvalue weighted by Crippen LogP contribution is 2.19. The summed E-state index contributed by atoms with van der Waals surface area (Å²) in [6.07, 6.45) is 2.07. The van der Waals surface area contributed by atoms with Gasteiger partial charge in [-0.1, -0.05) is 32.0 Å². The molecule has 0 aliphatic rings. The van der Waals surface area contributed by atoms with Gasteiger partial charge in [-0.05, 0) is 24.0 Å². The molecule has 4 atom stereocenters. The molecule has 2 aromatic rings. The van der Waals surface area contributed by atoms with Gasteiger partial charge in [0.1, 0.15) is 18.1 Å². The van der Waals surface area contributed by atoms with E-state index in [0.717, 1.165) is 16.5 Å². The third kappa shape index (κ3) is 8.18. The van der Waals surface area contributed by atoms with Crippen molar-refractivity contribution >= 4 is 59.9 Å². The number of nitrogens with two attached hydrogens (primary N) is 1. The first-order chi connectivity index (χ1) is 16.6. The van der Waals surface area contributed by atoms with Crippen molar-refractivity contribution in [2.45, 2.75) is 50.9 Å². The summed E-state index contributed by atoms with van der Waals surface area (Å²) in [5.41, 5.74) is 7.28. The average molecular weight is 524 g/mol. The normalized spacial score (nSPS) is 14.7. The molecular weight excluding hydrogens is 490 g/mol. The smallest absolute Gasteiger partial charge is 0.326 e. The Labute approximate surface area is 215 Å². The van der Waals surface area contributed by atoms with Crippen LogP contribution in [0, 0.1) is 5.92 Å². The molecule has 0 saturated carbocycles. The Bertz CT molecular complexity index is 1040. The molecule has 1 aromatic heterocycles. The number of aliphatic carboxylic acids is 1. The number of fused-ring (bicyclic) bond motifs is 1. The Morgan fingerprint density at radius 1 is 0.943 bits per heavy atom. The molecule has 1 heterocycles. The quantitative estimate of drug-likeness (QED) is 0.178. The number of benzene rings is 1. The second-order valence-electron chi connectivity index (χ2n) is 8.69. The predicted molar refractivity (Wildman–Crippen MR) is 141 cm³/mol. The zero-order valence-corrected chi connectivity index (χ0v) is 21.4. The molecule has 10 nitrogen and oxygen atoms in total. The lowest BCUT2D eigenvalue weighted by atomic mass is 10.0. The monoisotopic (exact) mass is 523 g/mol. The maximum absolute atomic E-state index is 12.9. The van der Waals surface area contributed by atoms with Crippen molar-refractivity contribution < 1.29 is 24.3 Å². The predicted octanol–water partition coefficient (Wildman–Crippen LogP) is 0.482. The van der Waals surface area contributed by atoms with Crippen molar-refractivity contribution in [2.75, 3.05) is 11.5 Å². The number of aromatic amines is 1. The summed E-state index contributed by atoms with van der Waals surface area (Å²) in [6, 6.07) is 3.30. The van der Waals surface area contributed by atoms with Crippen LogP contribution >= 0.6 is 25.3 Å². The number of aromatic nitrogens is 1. The van der Waals surface area contributed by atoms with Crippen molar-refractivity contribution in [3.63, 3.8) is 0 Å². The van der Waals surface area contributed by atoms with E-state index in [1.807, 2.05) is 38.1 Å². The van der Waals surface area contributed by atoms with E-state index in [-0.39, 0.29) is 23.8 Å². The molecular formula is C23H33N5O5S2. The first-order valence-corrected chi connectivity index (χ1v) is 12.5. The van der Waals surface area contributed by atoms with Crippen LogP contribution in [0.1, 0.15) is 25.8 Å². The number of rotatable bonds is 13. The average Bonchev–Trinajstić information content (AvgIpc) is 3.23. The first-order valence-electron chi connectivity index (χ1n) is 11.2. The number of carbonyl (C=O) groups is 4. The van der Waals surface area contributed by atoms with E-state index in [0.29, 0.717) is 6.42 Å². The van der Waals surface area contributed by atoms with Crippen LogP contribution in [0.3, 0.4) is 0 Å². The molecule has 3 amide bonds. The number of carboxylic acids is 1. The number of nitrogens with one attached hydrogen (secondary N) is 4. The van der Waals surface area contributed by atoms with E-state index in [4.69, 9.17) is 5.73 Å². The fraction of sp³-hybridized carbons (Fsp3) is 0.478. The lowest BCUT2D eigenvalue weighted by Crippen LogP contribution is -2.58. The molecule has 35 heavy (non-hydrogen) atoms. The highest BCUT2D eigenvalue weighted by molar-refractivity contribution is 7.80. The van der Waals surface area contributed by atoms with E-state index in [1.54, 1.807) is 6.20 Å². The van der Waals surface area contributed by atoms with Gasteiger partial charge < -0.3 is 31.8 Å². The Kier molecular flexibility index (Phi) is 10.9. The molecule has 12 heteroatoms. The van der Waals surface area contributed by atoms with Gasteiger partial charge in [0.15, 0.2) is 0 Å². The van der Waals surface area contributed by atoms with Gasteiger partial charge in [-0.2, -0.15) is 25.3 Å². The topological polar surface area (TPSA) is 166 Å². The van der Waals surface area contributed by atoms with E-state index < -0.39 is 47.9 Å². The van der Waals surface area contributed by atoms with Crippen molar-refractivity contribution in [3.8, 4) is 0 Å². The number of para-hydroxylation sites is 1. The Morgan fingerprint density at radius 3 is 2.14 bits per heavy atom. The maximum Gasteiger partial charge on any atom is 0.326 e. The Morgan fingerprint density at radius 2 is 1.54 bits per heavy atom. The summed E-state index contributed by atoms with van der Waals surface area (Å²) in [5, 5.41) is 18.2. The zero-order valence-electron chi connectivity index (χ0n) is 19.7. The van der Waals surface area contributed by atoms with Crippen LogP contribution in [0.15, 0.2) is 30.5 Å². The number of carbonyl (C=O) groups excluding carboxylic acids is 3. The first kappa shape index (κ1) is 28.5. The molecule has 0 fully saturated rings. The van der Waals surface area contributed by atoms with Gasteiger partial charge in [0.2, 0.25) is 17.7 Å². The molecule has 0 aliphatic heterocycles. The van der Waals surface area contributed by atoms with Gasteiger partial charge in [-0.3, -0.25) is 14.4 Å². The van der Waals surface area contributed by atoms with Crippen LogP contribution in [-0.2, 0) is 25.6 Å². The second-order valence-corrected chi connectivity index (χ2v) is 9.42. The number of H-pyrrole nitrogens is 1. The van der Waals surface area contributed by atoms with Gasteiger partial charge in [0, 0.05) is 35.0 Å². The maximum atomic E-state index is 12.9. The lowest BCUT2D eigenvalue weighted by Gasteiger charge is -2.25. The third-order valence-corrected chi connectivity index (χ3v) is 6.16. The van der Waals surface area contributed by atoms with Crippen molar-refractivity contribution in [3.05, 3.63) is 36.0 Å². The molecule has 0 spiro atoms. The minimum absolute atomic E-state index is 0.0476. The van der Waals surface area contributed by atoms with Crippen LogP contribution in [0.25, 0.3) is 10.9 Å². The number of amides is 3. The minimum Gasteiger partial charge on any atom is -0.480 e. The summed E-state index contributed by atoms with van der Waals surface area (Å²) < 4.78 is 0. The van der Waals surface area contributed by atoms with Crippen molar-refractivity contribution in [2.24, 2.45) is 11.7 Å². The molecule has 0 aliphatic carbocycles. The van der Waals surface area contributed by atoms with E-state index in [9.17, 15) is 24.3 Å². The summed E-state index contributed by atoms with van der Waals surface area (Å²) in [5.74, 6) is -2.92. The number of hydrogen-bond acceptors (Lipinski definition) is 7. The Hall–Kier alpha value is -2.70. The summed E-state index contributed by atoms with van der Waals surface area (Å²) in [6.45, 7) is 3.77. The van der Waals surface area contributed by atoms with E-state index in [1.165, 1.54) is 0 Å². The number of hydrogen-bond donors (Lipinski definition) is 8. The third-order valence-electron chi connectivity index (χ3n) is 5.40. The van der Waals surface area contributed by atoms with Gasteiger partial charge >= 0.3 is 5.97 Å². The molecule has 0 radical (unpaired) electrons. The minimum atomic E-state index is -1.22. The van der Waals surface area contributed by atoms with Gasteiger partial charge in [0.25, 0.3) is 0 Å². The second kappa shape index (κ2) is 13.4. The molecule has 0 bridgehead atoms. The highest BCUT2D eigenvalue weighted by Gasteiger charge is 2.30. The van der Waals surface area contributed by atoms with Crippen molar-refractivity contribution in [1.29, 1.82) is 0 Å². The van der Waals surface area contributed by atoms with Crippen LogP contribution in [0.2, 0.25) is 0 Å². The van der Waals surface area contributed by atoms with Crippen molar-refractivity contribution in [1.82, 2.24) is 20.9 Å². The fourth-order valence-corrected chi connectivity index (χ4v) is 3.95. The van der Waals surface area contributed by atoms with Gasteiger partial charge in [-0.25, -0.2) is 4.79 Å². The van der Waals surface area contributed by atoms with Gasteiger partial charge in [-0.15, -0.1) is 0 Å². The SMILES string of the molecule is CC(C)CC(NC(=O)C(N)CS)C(=O)NC(CS)C(=O)NC(Cc1c[nH]c2ccccc12)C(=O)O. The Balaban J connectivity index is 2.09. The number of carboxylic acid groups (broad SMARTS) is 1. The molecule has 1 aromatic carbocycles.